The molecule has 0 aliphatic carbocycles. The number of halogens is 2. The monoisotopic (exact) mass is 330 g/mol. The molecule has 5 nitrogen and oxygen atoms in total. The fourth-order valence-corrected chi connectivity index (χ4v) is 2.27. The summed E-state index contributed by atoms with van der Waals surface area (Å²) in [6.45, 7) is 0. The number of nitrogens with zero attached hydrogens (tertiary/aromatic N) is 2. The van der Waals surface area contributed by atoms with E-state index in [1.807, 2.05) is 0 Å². The summed E-state index contributed by atoms with van der Waals surface area (Å²) in [7, 11) is 1.53. The second kappa shape index (κ2) is 6.11. The summed E-state index contributed by atoms with van der Waals surface area (Å²) in [4.78, 5) is 11.4. The van der Waals surface area contributed by atoms with Crippen LogP contribution in [0.3, 0.4) is 0 Å². The van der Waals surface area contributed by atoms with Gasteiger partial charge in [-0.05, 0) is 42.5 Å². The zero-order chi connectivity index (χ0) is 17.3. The summed E-state index contributed by atoms with van der Waals surface area (Å²) in [5, 5.41) is 13.5. The van der Waals surface area contributed by atoms with Crippen LogP contribution in [0.5, 0.6) is 5.75 Å². The maximum absolute atomic E-state index is 14.0. The number of ether oxygens (including phenoxy) is 1. The van der Waals surface area contributed by atoms with Crippen molar-refractivity contribution in [2.24, 2.45) is 0 Å². The Bertz CT molecular complexity index is 905. The molecule has 122 valence electrons. The Hall–Kier alpha value is -3.22. The molecule has 0 fully saturated rings. The number of hydrogen-bond donors (Lipinski definition) is 1. The lowest BCUT2D eigenvalue weighted by atomic mass is 10.1. The number of carboxylic acids is 1. The number of rotatable bonds is 4. The van der Waals surface area contributed by atoms with Crippen LogP contribution >= 0.6 is 0 Å². The van der Waals surface area contributed by atoms with E-state index < -0.39 is 17.6 Å². The molecule has 1 heterocycles. The molecule has 1 N–H and O–H groups in total. The Morgan fingerprint density at radius 3 is 2.42 bits per heavy atom. The van der Waals surface area contributed by atoms with Crippen molar-refractivity contribution in [3.63, 3.8) is 0 Å². The van der Waals surface area contributed by atoms with Crippen molar-refractivity contribution in [1.29, 1.82) is 0 Å². The van der Waals surface area contributed by atoms with Crippen LogP contribution in [0.4, 0.5) is 8.78 Å². The molecule has 0 amide bonds. The second-order valence-electron chi connectivity index (χ2n) is 4.96. The zero-order valence-electron chi connectivity index (χ0n) is 12.5. The minimum Gasteiger partial charge on any atom is -0.497 e. The van der Waals surface area contributed by atoms with Crippen LogP contribution in [0, 0.1) is 11.6 Å². The van der Waals surface area contributed by atoms with E-state index in [9.17, 15) is 18.7 Å². The molecule has 0 saturated heterocycles. The first-order valence-electron chi connectivity index (χ1n) is 6.93. The number of methoxy groups -OCH3 is 1. The summed E-state index contributed by atoms with van der Waals surface area (Å²) >= 11 is 0. The highest BCUT2D eigenvalue weighted by Crippen LogP contribution is 2.25. The van der Waals surface area contributed by atoms with Gasteiger partial charge >= 0.3 is 5.97 Å². The van der Waals surface area contributed by atoms with E-state index in [0.717, 1.165) is 16.8 Å². The maximum atomic E-state index is 14.0. The molecule has 0 aliphatic heterocycles. The predicted octanol–water partition coefficient (Wildman–Crippen LogP) is 3.52. The standard InChI is InChI=1S/C17H12F2N2O3/c1-24-12-5-2-10(3-6-12)14-9-16(17(22)23)21(20-14)15-7-4-11(18)8-13(15)19/h2-9H,1H3,(H,22,23). The van der Waals surface area contributed by atoms with E-state index in [1.54, 1.807) is 24.3 Å². The van der Waals surface area contributed by atoms with Gasteiger partial charge in [0.05, 0.1) is 12.8 Å². The van der Waals surface area contributed by atoms with Gasteiger partial charge in [0, 0.05) is 11.6 Å². The second-order valence-corrected chi connectivity index (χ2v) is 4.96. The summed E-state index contributed by atoms with van der Waals surface area (Å²) in [6, 6.07) is 11.0. The summed E-state index contributed by atoms with van der Waals surface area (Å²) in [5.41, 5.74) is 0.609. The lowest BCUT2D eigenvalue weighted by molar-refractivity contribution is 0.0687. The van der Waals surface area contributed by atoms with E-state index in [-0.39, 0.29) is 11.4 Å². The van der Waals surface area contributed by atoms with Gasteiger partial charge in [-0.15, -0.1) is 0 Å². The fourth-order valence-electron chi connectivity index (χ4n) is 2.27. The van der Waals surface area contributed by atoms with Crippen LogP contribution in [0.15, 0.2) is 48.5 Å². The van der Waals surface area contributed by atoms with Crippen molar-refractivity contribution in [1.82, 2.24) is 9.78 Å². The van der Waals surface area contributed by atoms with Gasteiger partial charge in [0.25, 0.3) is 0 Å². The number of aromatic nitrogens is 2. The van der Waals surface area contributed by atoms with Crippen molar-refractivity contribution in [2.75, 3.05) is 7.11 Å². The maximum Gasteiger partial charge on any atom is 0.354 e. The first-order valence-corrected chi connectivity index (χ1v) is 6.93. The smallest absolute Gasteiger partial charge is 0.354 e. The number of aromatic carboxylic acids is 1. The van der Waals surface area contributed by atoms with Gasteiger partial charge in [0.1, 0.15) is 17.3 Å². The van der Waals surface area contributed by atoms with Gasteiger partial charge < -0.3 is 9.84 Å². The molecule has 0 radical (unpaired) electrons. The van der Waals surface area contributed by atoms with Gasteiger partial charge in [-0.3, -0.25) is 0 Å². The molecule has 24 heavy (non-hydrogen) atoms. The quantitative estimate of drug-likeness (QED) is 0.795. The summed E-state index contributed by atoms with van der Waals surface area (Å²) in [6.07, 6.45) is 0. The average Bonchev–Trinajstić information content (AvgIpc) is 3.00. The Morgan fingerprint density at radius 2 is 1.83 bits per heavy atom. The highest BCUT2D eigenvalue weighted by atomic mass is 19.1. The molecule has 0 spiro atoms. The summed E-state index contributed by atoms with van der Waals surface area (Å²) < 4.78 is 33.1. The van der Waals surface area contributed by atoms with Gasteiger partial charge in [-0.2, -0.15) is 5.10 Å². The van der Waals surface area contributed by atoms with Crippen molar-refractivity contribution in [3.8, 4) is 22.7 Å². The molecule has 2 aromatic carbocycles. The third-order valence-electron chi connectivity index (χ3n) is 3.45. The van der Waals surface area contributed by atoms with Gasteiger partial charge in [-0.1, -0.05) is 0 Å². The number of carbonyl (C=O) groups is 1. The predicted molar refractivity (Wildman–Crippen MR) is 82.4 cm³/mol. The zero-order valence-corrected chi connectivity index (χ0v) is 12.5. The molecule has 0 saturated carbocycles. The third kappa shape index (κ3) is 2.83. The van der Waals surface area contributed by atoms with Crippen LogP contribution in [0.2, 0.25) is 0 Å². The average molecular weight is 330 g/mol. The molecular weight excluding hydrogens is 318 g/mol. The Balaban J connectivity index is 2.12. The fraction of sp³-hybridized carbons (Fsp3) is 0.0588. The molecule has 0 aliphatic rings. The minimum atomic E-state index is -1.27. The summed E-state index contributed by atoms with van der Waals surface area (Å²) in [5.74, 6) is -2.29. The first-order chi connectivity index (χ1) is 11.5. The van der Waals surface area contributed by atoms with Crippen LogP contribution in [-0.4, -0.2) is 28.0 Å². The van der Waals surface area contributed by atoms with Crippen LogP contribution in [-0.2, 0) is 0 Å². The lowest BCUT2D eigenvalue weighted by Gasteiger charge is -2.05. The Labute approximate surface area is 135 Å². The molecule has 3 rings (SSSR count). The third-order valence-corrected chi connectivity index (χ3v) is 3.45. The van der Waals surface area contributed by atoms with Crippen LogP contribution in [0.25, 0.3) is 16.9 Å². The lowest BCUT2D eigenvalue weighted by Crippen LogP contribution is -2.09. The van der Waals surface area contributed by atoms with E-state index in [4.69, 9.17) is 4.74 Å². The van der Waals surface area contributed by atoms with Crippen molar-refractivity contribution in [3.05, 3.63) is 65.9 Å². The van der Waals surface area contributed by atoms with Gasteiger partial charge in [-0.25, -0.2) is 18.3 Å². The largest absolute Gasteiger partial charge is 0.497 e. The van der Waals surface area contributed by atoms with Crippen LogP contribution in [0.1, 0.15) is 10.5 Å². The number of benzene rings is 2. The molecule has 0 bridgehead atoms. The highest BCUT2D eigenvalue weighted by Gasteiger charge is 2.19. The topological polar surface area (TPSA) is 64.3 Å². The number of carboxylic acid groups (broad SMARTS) is 1. The van der Waals surface area contributed by atoms with Gasteiger partial charge in [0.2, 0.25) is 0 Å². The highest BCUT2D eigenvalue weighted by molar-refractivity contribution is 5.88. The molecule has 0 atom stereocenters. The van der Waals surface area contributed by atoms with Crippen molar-refractivity contribution < 1.29 is 23.4 Å². The van der Waals surface area contributed by atoms with E-state index in [1.165, 1.54) is 13.2 Å². The minimum absolute atomic E-state index is 0.145. The normalized spacial score (nSPS) is 10.6. The Kier molecular flexibility index (Phi) is 3.99. The first kappa shape index (κ1) is 15.7. The molecule has 1 aromatic heterocycles. The van der Waals surface area contributed by atoms with E-state index >= 15 is 0 Å². The number of hydrogen-bond acceptors (Lipinski definition) is 3. The van der Waals surface area contributed by atoms with E-state index in [0.29, 0.717) is 23.1 Å². The molecule has 3 aromatic rings. The van der Waals surface area contributed by atoms with E-state index in [2.05, 4.69) is 5.10 Å². The molecule has 0 unspecified atom stereocenters. The SMILES string of the molecule is COc1ccc(-c2cc(C(=O)O)n(-c3ccc(F)cc3F)n2)cc1. The Morgan fingerprint density at radius 1 is 1.12 bits per heavy atom. The van der Waals surface area contributed by atoms with Gasteiger partial charge in [0.15, 0.2) is 11.5 Å². The molecule has 7 heteroatoms. The van der Waals surface area contributed by atoms with Crippen molar-refractivity contribution >= 4 is 5.97 Å². The van der Waals surface area contributed by atoms with Crippen molar-refractivity contribution in [2.45, 2.75) is 0 Å². The molecular formula is C17H12F2N2O3. The van der Waals surface area contributed by atoms with Crippen LogP contribution < -0.4 is 4.74 Å².